The lowest BCUT2D eigenvalue weighted by atomic mass is 10.2. The molecule has 23 heavy (non-hydrogen) atoms. The monoisotopic (exact) mass is 345 g/mol. The van der Waals surface area contributed by atoms with Gasteiger partial charge in [-0.05, 0) is 31.0 Å². The number of rotatable bonds is 7. The van der Waals surface area contributed by atoms with Gasteiger partial charge in [0.1, 0.15) is 11.6 Å². The normalized spacial score (nSPS) is 17.0. The van der Waals surface area contributed by atoms with Gasteiger partial charge in [0.05, 0.1) is 11.9 Å². The van der Waals surface area contributed by atoms with Crippen LogP contribution in [0.4, 0.5) is 8.78 Å². The first-order valence-corrected chi connectivity index (χ1v) is 8.15. The predicted molar refractivity (Wildman–Crippen MR) is 80.0 cm³/mol. The molecule has 2 rings (SSSR count). The number of carbonyl (C=O) groups is 2. The van der Waals surface area contributed by atoms with Gasteiger partial charge in [0.25, 0.3) is 5.91 Å². The van der Waals surface area contributed by atoms with Crippen molar-refractivity contribution in [3.8, 4) is 0 Å². The van der Waals surface area contributed by atoms with Crippen molar-refractivity contribution in [1.82, 2.24) is 5.32 Å². The lowest BCUT2D eigenvalue weighted by Crippen LogP contribution is -2.35. The maximum atomic E-state index is 13.4. The number of amides is 1. The molecule has 5 nitrogen and oxygen atoms in total. The van der Waals surface area contributed by atoms with Crippen LogP contribution in [0.3, 0.4) is 0 Å². The Balaban J connectivity index is 1.64. The second kappa shape index (κ2) is 8.83. The third kappa shape index (κ3) is 6.15. The van der Waals surface area contributed by atoms with Crippen molar-refractivity contribution >= 4 is 23.6 Å². The molecule has 0 saturated carbocycles. The Hall–Kier alpha value is -1.67. The number of carbonyl (C=O) groups excluding carboxylic acids is 2. The average Bonchev–Trinajstić information content (AvgIpc) is 3.05. The van der Waals surface area contributed by atoms with Gasteiger partial charge in [-0.3, -0.25) is 9.59 Å². The van der Waals surface area contributed by atoms with E-state index in [1.165, 1.54) is 0 Å². The zero-order valence-corrected chi connectivity index (χ0v) is 13.2. The molecule has 1 saturated heterocycles. The molecule has 0 aliphatic carbocycles. The van der Waals surface area contributed by atoms with Crippen LogP contribution in [0.2, 0.25) is 0 Å². The fraction of sp³-hybridized carbons (Fsp3) is 0.467. The minimum absolute atomic E-state index is 0.0150. The molecule has 8 heteroatoms. The number of nitrogens with one attached hydrogen (secondary N) is 1. The first-order chi connectivity index (χ1) is 11.0. The van der Waals surface area contributed by atoms with Crippen molar-refractivity contribution in [2.24, 2.45) is 0 Å². The van der Waals surface area contributed by atoms with Crippen molar-refractivity contribution in [2.45, 2.75) is 23.8 Å². The first kappa shape index (κ1) is 17.7. The summed E-state index contributed by atoms with van der Waals surface area (Å²) in [5.41, 5.74) is 0. The minimum Gasteiger partial charge on any atom is -0.455 e. The molecule has 1 aliphatic heterocycles. The number of benzene rings is 1. The molecular formula is C15H17F2NO4S. The second-order valence-corrected chi connectivity index (χ2v) is 5.98. The summed E-state index contributed by atoms with van der Waals surface area (Å²) in [6.45, 7) is 0.681. The lowest BCUT2D eigenvalue weighted by molar-refractivity contribution is -0.146. The maximum Gasteiger partial charge on any atom is 0.316 e. The molecule has 1 fully saturated rings. The van der Waals surface area contributed by atoms with Gasteiger partial charge in [-0.15, -0.1) is 11.8 Å². The van der Waals surface area contributed by atoms with Gasteiger partial charge in [0.15, 0.2) is 6.61 Å². The fourth-order valence-corrected chi connectivity index (χ4v) is 2.75. The fourth-order valence-electron chi connectivity index (χ4n) is 2.00. The molecular weight excluding hydrogens is 328 g/mol. The average molecular weight is 345 g/mol. The Morgan fingerprint density at radius 1 is 1.39 bits per heavy atom. The Morgan fingerprint density at radius 2 is 2.22 bits per heavy atom. The number of hydrogen-bond acceptors (Lipinski definition) is 5. The molecule has 1 heterocycles. The summed E-state index contributed by atoms with van der Waals surface area (Å²) in [6, 6.07) is 2.99. The topological polar surface area (TPSA) is 64.6 Å². The predicted octanol–water partition coefficient (Wildman–Crippen LogP) is 1.90. The van der Waals surface area contributed by atoms with E-state index in [9.17, 15) is 18.4 Å². The van der Waals surface area contributed by atoms with Crippen LogP contribution in [0, 0.1) is 11.6 Å². The van der Waals surface area contributed by atoms with Crippen LogP contribution in [-0.4, -0.2) is 43.5 Å². The summed E-state index contributed by atoms with van der Waals surface area (Å²) in [5.74, 6) is -2.50. The summed E-state index contributed by atoms with van der Waals surface area (Å²) < 4.78 is 36.5. The maximum absolute atomic E-state index is 13.4. The molecule has 1 aromatic rings. The van der Waals surface area contributed by atoms with Gasteiger partial charge in [-0.1, -0.05) is 0 Å². The molecule has 1 aliphatic rings. The number of thioether (sulfide) groups is 1. The van der Waals surface area contributed by atoms with Crippen molar-refractivity contribution in [3.63, 3.8) is 0 Å². The van der Waals surface area contributed by atoms with E-state index in [1.54, 1.807) is 0 Å². The number of halogens is 2. The molecule has 0 spiro atoms. The Kier molecular flexibility index (Phi) is 6.79. The zero-order chi connectivity index (χ0) is 16.7. The van der Waals surface area contributed by atoms with Gasteiger partial charge in [0.2, 0.25) is 0 Å². The van der Waals surface area contributed by atoms with Gasteiger partial charge < -0.3 is 14.8 Å². The lowest BCUT2D eigenvalue weighted by Gasteiger charge is -2.11. The molecule has 0 bridgehead atoms. The number of esters is 1. The molecule has 1 aromatic carbocycles. The molecule has 0 unspecified atom stereocenters. The molecule has 0 aromatic heterocycles. The summed E-state index contributed by atoms with van der Waals surface area (Å²) in [4.78, 5) is 23.0. The Bertz CT molecular complexity index is 564. The molecule has 1 amide bonds. The van der Waals surface area contributed by atoms with Crippen molar-refractivity contribution in [2.75, 3.05) is 25.5 Å². The van der Waals surface area contributed by atoms with Crippen LogP contribution in [0.25, 0.3) is 0 Å². The molecule has 1 atom stereocenters. The van der Waals surface area contributed by atoms with Gasteiger partial charge in [0, 0.05) is 18.0 Å². The summed E-state index contributed by atoms with van der Waals surface area (Å²) >= 11 is 0.813. The highest BCUT2D eigenvalue weighted by Crippen LogP contribution is 2.22. The van der Waals surface area contributed by atoms with Gasteiger partial charge >= 0.3 is 5.97 Å². The van der Waals surface area contributed by atoms with Crippen LogP contribution in [0.15, 0.2) is 23.1 Å². The van der Waals surface area contributed by atoms with E-state index in [0.717, 1.165) is 42.8 Å². The van der Waals surface area contributed by atoms with Crippen LogP contribution in [0.5, 0.6) is 0 Å². The summed E-state index contributed by atoms with van der Waals surface area (Å²) in [7, 11) is 0. The molecule has 1 N–H and O–H groups in total. The van der Waals surface area contributed by atoms with Gasteiger partial charge in [-0.25, -0.2) is 8.78 Å². The van der Waals surface area contributed by atoms with E-state index in [0.29, 0.717) is 13.2 Å². The quantitative estimate of drug-likeness (QED) is 0.604. The second-order valence-electron chi connectivity index (χ2n) is 4.96. The Labute approximate surface area is 136 Å². The van der Waals surface area contributed by atoms with Crippen molar-refractivity contribution in [1.29, 1.82) is 0 Å². The van der Waals surface area contributed by atoms with E-state index in [-0.39, 0.29) is 16.8 Å². The van der Waals surface area contributed by atoms with Crippen LogP contribution in [0.1, 0.15) is 12.8 Å². The first-order valence-electron chi connectivity index (χ1n) is 7.16. The highest BCUT2D eigenvalue weighted by atomic mass is 32.2. The standard InChI is InChI=1S/C15H17F2NO4S/c16-10-3-4-12(17)13(6-10)23-9-15(20)22-8-14(19)18-7-11-2-1-5-21-11/h3-4,6,11H,1-2,5,7-9H2,(H,18,19)/t11-/m0/s1. The highest BCUT2D eigenvalue weighted by Gasteiger charge is 2.17. The van der Waals surface area contributed by atoms with Gasteiger partial charge in [-0.2, -0.15) is 0 Å². The highest BCUT2D eigenvalue weighted by molar-refractivity contribution is 8.00. The van der Waals surface area contributed by atoms with E-state index < -0.39 is 30.1 Å². The summed E-state index contributed by atoms with van der Waals surface area (Å²) in [6.07, 6.45) is 1.89. The number of ether oxygens (including phenoxy) is 2. The summed E-state index contributed by atoms with van der Waals surface area (Å²) in [5, 5.41) is 2.61. The van der Waals surface area contributed by atoms with Crippen molar-refractivity contribution in [3.05, 3.63) is 29.8 Å². The largest absolute Gasteiger partial charge is 0.455 e. The van der Waals surface area contributed by atoms with E-state index in [4.69, 9.17) is 9.47 Å². The van der Waals surface area contributed by atoms with E-state index >= 15 is 0 Å². The zero-order valence-electron chi connectivity index (χ0n) is 12.3. The SMILES string of the molecule is O=C(COC(=O)CSc1cc(F)ccc1F)NC[C@@H]1CCCO1. The van der Waals surface area contributed by atoms with Crippen LogP contribution < -0.4 is 5.32 Å². The minimum atomic E-state index is -0.675. The smallest absolute Gasteiger partial charge is 0.316 e. The van der Waals surface area contributed by atoms with Crippen LogP contribution >= 0.6 is 11.8 Å². The van der Waals surface area contributed by atoms with Crippen LogP contribution in [-0.2, 0) is 19.1 Å². The molecule has 0 radical (unpaired) electrons. The van der Waals surface area contributed by atoms with Crippen molar-refractivity contribution < 1.29 is 27.8 Å². The number of hydrogen-bond donors (Lipinski definition) is 1. The van der Waals surface area contributed by atoms with E-state index in [1.807, 2.05) is 0 Å². The van der Waals surface area contributed by atoms with E-state index in [2.05, 4.69) is 5.32 Å². The molecule has 126 valence electrons. The third-order valence-corrected chi connectivity index (χ3v) is 4.16. The third-order valence-electron chi connectivity index (χ3n) is 3.15. The Morgan fingerprint density at radius 3 is 2.96 bits per heavy atom.